The third-order valence-corrected chi connectivity index (χ3v) is 4.71. The normalized spacial score (nSPS) is 18.0. The van der Waals surface area contributed by atoms with Crippen LogP contribution in [0.2, 0.25) is 5.28 Å². The number of aliphatic hydroxyl groups is 1. The molecule has 1 atom stereocenters. The van der Waals surface area contributed by atoms with Crippen LogP contribution in [0.25, 0.3) is 0 Å². The summed E-state index contributed by atoms with van der Waals surface area (Å²) in [6.07, 6.45) is 1.36. The second kappa shape index (κ2) is 8.62. The number of nitrogens with zero attached hydrogens (tertiary/aromatic N) is 5. The third-order valence-electron chi connectivity index (χ3n) is 4.40. The number of ether oxygens (including phenoxy) is 1. The van der Waals surface area contributed by atoms with E-state index in [9.17, 15) is 20.0 Å². The average Bonchev–Trinajstić information content (AvgIpc) is 2.92. The van der Waals surface area contributed by atoms with Gasteiger partial charge in [0.1, 0.15) is 11.8 Å². The Morgan fingerprint density at radius 1 is 1.32 bits per heavy atom. The van der Waals surface area contributed by atoms with Gasteiger partial charge in [0, 0.05) is 32.7 Å². The molecule has 0 bridgehead atoms. The van der Waals surface area contributed by atoms with E-state index < -0.39 is 16.1 Å². The van der Waals surface area contributed by atoms with Crippen LogP contribution in [-0.2, 0) is 11.3 Å². The highest BCUT2D eigenvalue weighted by molar-refractivity contribution is 6.28. The van der Waals surface area contributed by atoms with Crippen LogP contribution in [0.5, 0.6) is 0 Å². The zero-order chi connectivity index (χ0) is 21.1. The van der Waals surface area contributed by atoms with Crippen molar-refractivity contribution in [3.63, 3.8) is 0 Å². The van der Waals surface area contributed by atoms with Crippen LogP contribution in [0.1, 0.15) is 34.1 Å². The summed E-state index contributed by atoms with van der Waals surface area (Å²) in [4.78, 5) is 29.8. The van der Waals surface area contributed by atoms with Crippen LogP contribution in [0.3, 0.4) is 0 Å². The molecule has 1 amide bonds. The van der Waals surface area contributed by atoms with E-state index in [-0.39, 0.29) is 23.7 Å². The zero-order valence-corrected chi connectivity index (χ0v) is 17.5. The molecule has 1 aromatic heterocycles. The highest BCUT2D eigenvalue weighted by Gasteiger charge is 2.29. The molecular weight excluding hydrogens is 390 g/mol. The summed E-state index contributed by atoms with van der Waals surface area (Å²) in [7, 11) is 0. The molecule has 11 heteroatoms. The quantitative estimate of drug-likeness (QED) is 0.557. The number of carbonyl (C=O) groups excluding carboxylic acids is 1. The molecule has 0 aromatic carbocycles. The fourth-order valence-electron chi connectivity index (χ4n) is 2.90. The molecular formula is C17H28ClN5O5. The number of imidazole rings is 1. The lowest BCUT2D eigenvalue weighted by atomic mass is 10.0. The van der Waals surface area contributed by atoms with Gasteiger partial charge < -0.3 is 24.9 Å². The molecule has 1 aliphatic rings. The van der Waals surface area contributed by atoms with Crippen molar-refractivity contribution < 1.29 is 19.6 Å². The minimum absolute atomic E-state index is 0.0297. The van der Waals surface area contributed by atoms with Gasteiger partial charge in [-0.2, -0.15) is 0 Å². The van der Waals surface area contributed by atoms with Crippen molar-refractivity contribution in [2.75, 3.05) is 32.7 Å². The predicted octanol–water partition coefficient (Wildman–Crippen LogP) is 2.14. The Kier molecular flexibility index (Phi) is 6.89. The number of nitro groups is 1. The Labute approximate surface area is 169 Å². The molecule has 158 valence electrons. The minimum atomic E-state index is -1.11. The van der Waals surface area contributed by atoms with Gasteiger partial charge in [-0.25, -0.2) is 4.79 Å². The largest absolute Gasteiger partial charge is 0.444 e. The van der Waals surface area contributed by atoms with E-state index in [4.69, 9.17) is 16.3 Å². The van der Waals surface area contributed by atoms with E-state index in [1.165, 1.54) is 10.8 Å². The maximum atomic E-state index is 12.1. The van der Waals surface area contributed by atoms with Crippen LogP contribution in [0, 0.1) is 10.1 Å². The molecule has 2 heterocycles. The zero-order valence-electron chi connectivity index (χ0n) is 16.7. The molecule has 1 aliphatic heterocycles. The van der Waals surface area contributed by atoms with E-state index in [0.29, 0.717) is 39.1 Å². The van der Waals surface area contributed by atoms with Gasteiger partial charge in [-0.1, -0.05) is 0 Å². The molecule has 2 rings (SSSR count). The number of piperazine rings is 1. The molecule has 1 aromatic rings. The van der Waals surface area contributed by atoms with Crippen molar-refractivity contribution in [3.05, 3.63) is 21.6 Å². The minimum Gasteiger partial charge on any atom is -0.444 e. The number of hydrogen-bond donors (Lipinski definition) is 1. The first kappa shape index (κ1) is 22.4. The van der Waals surface area contributed by atoms with E-state index in [1.54, 1.807) is 11.8 Å². The fraction of sp³-hybridized carbons (Fsp3) is 0.765. The number of halogens is 1. The second-order valence-electron chi connectivity index (χ2n) is 8.31. The topological polar surface area (TPSA) is 114 Å². The lowest BCUT2D eigenvalue weighted by Crippen LogP contribution is -2.51. The van der Waals surface area contributed by atoms with Crippen molar-refractivity contribution in [3.8, 4) is 0 Å². The van der Waals surface area contributed by atoms with Gasteiger partial charge in [0.15, 0.2) is 0 Å². The molecule has 0 spiro atoms. The monoisotopic (exact) mass is 417 g/mol. The maximum absolute atomic E-state index is 12.1. The Morgan fingerprint density at radius 3 is 2.43 bits per heavy atom. The summed E-state index contributed by atoms with van der Waals surface area (Å²) in [5.41, 5.74) is -1.63. The lowest BCUT2D eigenvalue weighted by Gasteiger charge is -2.36. The molecule has 0 aliphatic carbocycles. The van der Waals surface area contributed by atoms with Crippen molar-refractivity contribution in [2.45, 2.75) is 51.9 Å². The summed E-state index contributed by atoms with van der Waals surface area (Å²) in [5.74, 6) is -0.348. The Bertz CT molecular complexity index is 707. The fourth-order valence-corrected chi connectivity index (χ4v) is 3.10. The van der Waals surface area contributed by atoms with Gasteiger partial charge in [-0.3, -0.25) is 9.47 Å². The van der Waals surface area contributed by atoms with Crippen LogP contribution < -0.4 is 0 Å². The summed E-state index contributed by atoms with van der Waals surface area (Å²) in [6, 6.07) is 0. The Hall–Kier alpha value is -1.91. The summed E-state index contributed by atoms with van der Waals surface area (Å²) >= 11 is 5.91. The first-order chi connectivity index (χ1) is 12.9. The van der Waals surface area contributed by atoms with Gasteiger partial charge in [0.2, 0.25) is 0 Å². The lowest BCUT2D eigenvalue weighted by molar-refractivity contribution is -0.389. The van der Waals surface area contributed by atoms with Crippen LogP contribution in [-0.4, -0.2) is 79.4 Å². The average molecular weight is 418 g/mol. The van der Waals surface area contributed by atoms with Gasteiger partial charge in [0.05, 0.1) is 12.1 Å². The molecule has 1 saturated heterocycles. The number of aromatic nitrogens is 2. The van der Waals surface area contributed by atoms with Crippen molar-refractivity contribution in [1.29, 1.82) is 0 Å². The SMILES string of the molecule is CC(O)(CCN1CCN(C(=O)OC(C)(C)C)CC1)Cn1cc([N+](=O)[O-])nc1Cl. The third kappa shape index (κ3) is 6.61. The standard InChI is InChI=1S/C17H28ClN5O5/c1-16(2,3)28-15(24)21-9-7-20(8-10-21)6-5-17(4,25)12-22-11-13(23(26)27)19-14(22)18/h11,25H,5-10,12H2,1-4H3. The van der Waals surface area contributed by atoms with Crippen LogP contribution in [0.4, 0.5) is 10.6 Å². The van der Waals surface area contributed by atoms with E-state index in [2.05, 4.69) is 9.88 Å². The molecule has 28 heavy (non-hydrogen) atoms. The summed E-state index contributed by atoms with van der Waals surface area (Å²) in [5, 5.41) is 21.4. The van der Waals surface area contributed by atoms with Crippen molar-refractivity contribution >= 4 is 23.5 Å². The van der Waals surface area contributed by atoms with Crippen LogP contribution in [0.15, 0.2) is 6.20 Å². The van der Waals surface area contributed by atoms with Gasteiger partial charge in [-0.05, 0) is 55.6 Å². The molecule has 1 unspecified atom stereocenters. The Balaban J connectivity index is 1.81. The maximum Gasteiger partial charge on any atom is 0.410 e. The van der Waals surface area contributed by atoms with Crippen molar-refractivity contribution in [2.24, 2.45) is 0 Å². The highest BCUT2D eigenvalue weighted by atomic mass is 35.5. The number of amides is 1. The number of rotatable bonds is 6. The Morgan fingerprint density at radius 2 is 1.93 bits per heavy atom. The van der Waals surface area contributed by atoms with Gasteiger partial charge >= 0.3 is 17.2 Å². The summed E-state index contributed by atoms with van der Waals surface area (Å²) < 4.78 is 6.76. The second-order valence-corrected chi connectivity index (χ2v) is 8.65. The first-order valence-corrected chi connectivity index (χ1v) is 9.54. The highest BCUT2D eigenvalue weighted by Crippen LogP contribution is 2.21. The molecule has 10 nitrogen and oxygen atoms in total. The number of hydrogen-bond acceptors (Lipinski definition) is 7. The first-order valence-electron chi connectivity index (χ1n) is 9.16. The molecule has 0 radical (unpaired) electrons. The molecule has 1 N–H and O–H groups in total. The predicted molar refractivity (Wildman–Crippen MR) is 103 cm³/mol. The smallest absolute Gasteiger partial charge is 0.410 e. The number of carbonyl (C=O) groups is 1. The van der Waals surface area contributed by atoms with Crippen LogP contribution >= 0.6 is 11.6 Å². The summed E-state index contributed by atoms with van der Waals surface area (Å²) in [6.45, 7) is 10.4. The van der Waals surface area contributed by atoms with Gasteiger partial charge in [-0.15, -0.1) is 0 Å². The van der Waals surface area contributed by atoms with Crippen molar-refractivity contribution in [1.82, 2.24) is 19.4 Å². The van der Waals surface area contributed by atoms with E-state index >= 15 is 0 Å². The van der Waals surface area contributed by atoms with Gasteiger partial charge in [0.25, 0.3) is 0 Å². The van der Waals surface area contributed by atoms with E-state index in [1.807, 2.05) is 20.8 Å². The van der Waals surface area contributed by atoms with E-state index in [0.717, 1.165) is 0 Å². The molecule has 1 fully saturated rings. The molecule has 0 saturated carbocycles.